The zero-order valence-electron chi connectivity index (χ0n) is 10.1. The molecule has 2 aliphatic rings. The molecule has 0 N–H and O–H groups in total. The van der Waals surface area contributed by atoms with Crippen LogP contribution in [0.3, 0.4) is 0 Å². The number of ether oxygens (including phenoxy) is 1. The second-order valence-corrected chi connectivity index (χ2v) is 5.99. The van der Waals surface area contributed by atoms with Crippen molar-refractivity contribution in [1.82, 2.24) is 0 Å². The van der Waals surface area contributed by atoms with Crippen LogP contribution in [0.1, 0.15) is 35.2 Å². The zero-order chi connectivity index (χ0) is 12.5. The van der Waals surface area contributed by atoms with Crippen LogP contribution in [0, 0.1) is 0 Å². The molecule has 3 rings (SSSR count). The minimum absolute atomic E-state index is 0.117. The highest BCUT2D eigenvalue weighted by atomic mass is 79.9. The topological polar surface area (TPSA) is 26.3 Å². The lowest BCUT2D eigenvalue weighted by molar-refractivity contribution is -0.136. The number of carbonyl (C=O) groups excluding carboxylic acids is 1. The predicted molar refractivity (Wildman–Crippen MR) is 73.7 cm³/mol. The summed E-state index contributed by atoms with van der Waals surface area (Å²) in [5, 5.41) is 0. The van der Waals surface area contributed by atoms with E-state index in [1.54, 1.807) is 0 Å². The van der Waals surface area contributed by atoms with E-state index in [4.69, 9.17) is 4.74 Å². The Morgan fingerprint density at radius 1 is 1.22 bits per heavy atom. The molecule has 1 aliphatic carbocycles. The van der Waals surface area contributed by atoms with Crippen LogP contribution in [-0.2, 0) is 16.0 Å². The fraction of sp³-hybridized carbons (Fsp3) is 0.400. The van der Waals surface area contributed by atoms with Gasteiger partial charge in [-0.25, -0.2) is 4.79 Å². The number of esters is 1. The van der Waals surface area contributed by atoms with Gasteiger partial charge in [0.05, 0.1) is 0 Å². The van der Waals surface area contributed by atoms with Gasteiger partial charge in [-0.1, -0.05) is 40.2 Å². The van der Waals surface area contributed by atoms with Crippen LogP contribution in [0.2, 0.25) is 0 Å². The maximum Gasteiger partial charge on any atom is 0.334 e. The summed E-state index contributed by atoms with van der Waals surface area (Å²) in [6.45, 7) is 0.504. The van der Waals surface area contributed by atoms with Crippen molar-refractivity contribution in [3.05, 3.63) is 46.5 Å². The third-order valence-electron chi connectivity index (χ3n) is 3.75. The number of halogens is 1. The number of rotatable bonds is 0. The normalized spacial score (nSPS) is 23.6. The molecule has 1 aromatic carbocycles. The molecule has 0 aromatic heterocycles. The monoisotopic (exact) mass is 306 g/mol. The van der Waals surface area contributed by atoms with Crippen molar-refractivity contribution in [2.75, 3.05) is 6.61 Å². The fourth-order valence-electron chi connectivity index (χ4n) is 2.77. The number of benzene rings is 1. The predicted octanol–water partition coefficient (Wildman–Crippen LogP) is 3.70. The molecule has 1 atom stereocenters. The first-order valence-electron chi connectivity index (χ1n) is 6.35. The van der Waals surface area contributed by atoms with Gasteiger partial charge in [0.15, 0.2) is 0 Å². The Morgan fingerprint density at radius 2 is 2.06 bits per heavy atom. The quantitative estimate of drug-likeness (QED) is 0.539. The van der Waals surface area contributed by atoms with E-state index in [9.17, 15) is 4.79 Å². The van der Waals surface area contributed by atoms with Gasteiger partial charge in [-0.05, 0) is 42.4 Å². The molecule has 1 heterocycles. The number of aryl methyl sites for hydroxylation is 1. The van der Waals surface area contributed by atoms with Crippen LogP contribution in [-0.4, -0.2) is 12.6 Å². The summed E-state index contributed by atoms with van der Waals surface area (Å²) in [6.07, 6.45) is 3.88. The fourth-order valence-corrected chi connectivity index (χ4v) is 3.54. The average Bonchev–Trinajstić information content (AvgIpc) is 2.74. The molecule has 94 valence electrons. The molecule has 0 bridgehead atoms. The summed E-state index contributed by atoms with van der Waals surface area (Å²) in [7, 11) is 0. The van der Waals surface area contributed by atoms with E-state index in [-0.39, 0.29) is 10.8 Å². The first-order valence-corrected chi connectivity index (χ1v) is 7.27. The van der Waals surface area contributed by atoms with Crippen molar-refractivity contribution in [3.8, 4) is 0 Å². The molecular weight excluding hydrogens is 292 g/mol. The molecule has 0 amide bonds. The standard InChI is InChI=1S/C15H15BrO2/c16-14-8-13-11(9-18-15(13)17)6-3-5-10-4-1-2-7-12(10)14/h1-2,4,7,14H,3,5-6,8-9H2/t14-/m0/s1. The van der Waals surface area contributed by atoms with E-state index in [0.717, 1.165) is 31.3 Å². The van der Waals surface area contributed by atoms with Gasteiger partial charge >= 0.3 is 5.97 Å². The van der Waals surface area contributed by atoms with Crippen LogP contribution in [0.4, 0.5) is 0 Å². The number of alkyl halides is 1. The smallest absolute Gasteiger partial charge is 0.334 e. The van der Waals surface area contributed by atoms with Gasteiger partial charge in [0.2, 0.25) is 0 Å². The Hall–Kier alpha value is -1.09. The Morgan fingerprint density at radius 3 is 2.94 bits per heavy atom. The van der Waals surface area contributed by atoms with Crippen LogP contribution in [0.15, 0.2) is 35.4 Å². The van der Waals surface area contributed by atoms with E-state index in [1.165, 1.54) is 16.7 Å². The lowest BCUT2D eigenvalue weighted by Crippen LogP contribution is -2.03. The summed E-state index contributed by atoms with van der Waals surface area (Å²) in [6, 6.07) is 8.50. The van der Waals surface area contributed by atoms with Crippen molar-refractivity contribution in [3.63, 3.8) is 0 Å². The highest BCUT2D eigenvalue weighted by molar-refractivity contribution is 9.09. The molecule has 3 heteroatoms. The van der Waals surface area contributed by atoms with Crippen molar-refractivity contribution in [2.24, 2.45) is 0 Å². The summed E-state index contributed by atoms with van der Waals surface area (Å²) >= 11 is 3.73. The van der Waals surface area contributed by atoms with Gasteiger partial charge < -0.3 is 4.74 Å². The number of cyclic esters (lactones) is 1. The van der Waals surface area contributed by atoms with E-state index in [0.29, 0.717) is 6.61 Å². The third-order valence-corrected chi connectivity index (χ3v) is 4.57. The first-order chi connectivity index (χ1) is 8.75. The van der Waals surface area contributed by atoms with E-state index in [2.05, 4.69) is 40.2 Å². The molecule has 1 aliphatic heterocycles. The van der Waals surface area contributed by atoms with Gasteiger partial charge in [-0.3, -0.25) is 0 Å². The molecule has 0 unspecified atom stereocenters. The minimum Gasteiger partial charge on any atom is -0.458 e. The molecule has 0 saturated carbocycles. The highest BCUT2D eigenvalue weighted by Crippen LogP contribution is 2.37. The molecule has 0 fully saturated rings. The van der Waals surface area contributed by atoms with Crippen LogP contribution >= 0.6 is 15.9 Å². The second-order valence-electron chi connectivity index (χ2n) is 4.88. The van der Waals surface area contributed by atoms with Crippen molar-refractivity contribution in [2.45, 2.75) is 30.5 Å². The van der Waals surface area contributed by atoms with Crippen LogP contribution in [0.25, 0.3) is 0 Å². The Balaban J connectivity index is 1.97. The van der Waals surface area contributed by atoms with Gasteiger partial charge in [0.1, 0.15) is 6.61 Å². The average molecular weight is 307 g/mol. The number of fused-ring (bicyclic) bond motifs is 1. The summed E-state index contributed by atoms with van der Waals surface area (Å²) in [4.78, 5) is 12.0. The minimum atomic E-state index is -0.117. The maximum absolute atomic E-state index is 11.7. The van der Waals surface area contributed by atoms with Crippen LogP contribution < -0.4 is 0 Å². The highest BCUT2D eigenvalue weighted by Gasteiger charge is 2.28. The zero-order valence-corrected chi connectivity index (χ0v) is 11.7. The third kappa shape index (κ3) is 2.12. The molecule has 18 heavy (non-hydrogen) atoms. The Labute approximate surface area is 115 Å². The molecule has 0 saturated heterocycles. The summed E-state index contributed by atoms with van der Waals surface area (Å²) in [5.41, 5.74) is 4.81. The van der Waals surface area contributed by atoms with E-state index in [1.807, 2.05) is 0 Å². The molecule has 2 nitrogen and oxygen atoms in total. The Bertz CT molecular complexity index is 519. The number of carbonyl (C=O) groups is 1. The first kappa shape index (κ1) is 12.0. The van der Waals surface area contributed by atoms with Gasteiger partial charge in [-0.2, -0.15) is 0 Å². The van der Waals surface area contributed by atoms with Crippen molar-refractivity contribution in [1.29, 1.82) is 0 Å². The van der Waals surface area contributed by atoms with Gasteiger partial charge in [0.25, 0.3) is 0 Å². The van der Waals surface area contributed by atoms with E-state index < -0.39 is 0 Å². The number of hydrogen-bond donors (Lipinski definition) is 0. The van der Waals surface area contributed by atoms with Gasteiger partial charge in [-0.15, -0.1) is 0 Å². The lowest BCUT2D eigenvalue weighted by Gasteiger charge is -2.13. The lowest BCUT2D eigenvalue weighted by atomic mass is 9.98. The van der Waals surface area contributed by atoms with Gasteiger partial charge in [0, 0.05) is 10.4 Å². The van der Waals surface area contributed by atoms with Crippen molar-refractivity contribution >= 4 is 21.9 Å². The van der Waals surface area contributed by atoms with Crippen molar-refractivity contribution < 1.29 is 9.53 Å². The molecule has 1 aromatic rings. The SMILES string of the molecule is O=C1OCC2=C1C[C@H](Br)c1ccccc1CCC2. The summed E-state index contributed by atoms with van der Waals surface area (Å²) < 4.78 is 5.15. The maximum atomic E-state index is 11.7. The molecule has 0 spiro atoms. The second kappa shape index (κ2) is 4.88. The van der Waals surface area contributed by atoms with E-state index >= 15 is 0 Å². The number of hydrogen-bond acceptors (Lipinski definition) is 2. The Kier molecular flexibility index (Phi) is 3.25. The van der Waals surface area contributed by atoms with Crippen LogP contribution in [0.5, 0.6) is 0 Å². The molecule has 0 radical (unpaired) electrons. The largest absolute Gasteiger partial charge is 0.458 e. The summed E-state index contributed by atoms with van der Waals surface area (Å²) in [5.74, 6) is -0.117. The molecular formula is C15H15BrO2.